The maximum atomic E-state index is 14.1. The van der Waals surface area contributed by atoms with Gasteiger partial charge in [-0.05, 0) is 31.4 Å². The first-order chi connectivity index (χ1) is 10.6. The van der Waals surface area contributed by atoms with Gasteiger partial charge in [-0.15, -0.1) is 0 Å². The number of hydrogen-bond acceptors (Lipinski definition) is 4. The Bertz CT molecular complexity index is 754. The van der Waals surface area contributed by atoms with E-state index in [0.29, 0.717) is 16.5 Å². The van der Waals surface area contributed by atoms with Gasteiger partial charge < -0.3 is 4.90 Å². The van der Waals surface area contributed by atoms with Gasteiger partial charge in [0.05, 0.1) is 16.9 Å². The SMILES string of the molecule is Cc1c(Cl)ncc2c(N3CCCC[C@H]4[C@H](F)[C@H]43)nc(Cl)nc12. The van der Waals surface area contributed by atoms with Crippen molar-refractivity contribution in [3.63, 3.8) is 0 Å². The van der Waals surface area contributed by atoms with Crippen LogP contribution in [0.25, 0.3) is 10.9 Å². The fourth-order valence-electron chi connectivity index (χ4n) is 3.48. The zero-order valence-electron chi connectivity index (χ0n) is 12.1. The molecule has 2 aliphatic rings. The van der Waals surface area contributed by atoms with E-state index < -0.39 is 6.17 Å². The first kappa shape index (κ1) is 14.4. The molecule has 0 radical (unpaired) electrons. The lowest BCUT2D eigenvalue weighted by Gasteiger charge is -2.24. The molecule has 1 aliphatic heterocycles. The molecule has 7 heteroatoms. The first-order valence-electron chi connectivity index (χ1n) is 7.47. The van der Waals surface area contributed by atoms with Gasteiger partial charge in [0.1, 0.15) is 17.1 Å². The van der Waals surface area contributed by atoms with E-state index in [0.717, 1.165) is 36.8 Å². The summed E-state index contributed by atoms with van der Waals surface area (Å²) < 4.78 is 14.1. The Morgan fingerprint density at radius 3 is 2.91 bits per heavy atom. The summed E-state index contributed by atoms with van der Waals surface area (Å²) in [5.41, 5.74) is 1.45. The second-order valence-corrected chi connectivity index (χ2v) is 6.74. The minimum absolute atomic E-state index is 0.0901. The highest BCUT2D eigenvalue weighted by atomic mass is 35.5. The highest BCUT2D eigenvalue weighted by molar-refractivity contribution is 6.31. The molecular formula is C15H15Cl2FN4. The van der Waals surface area contributed by atoms with Crippen molar-refractivity contribution in [1.82, 2.24) is 15.0 Å². The van der Waals surface area contributed by atoms with E-state index >= 15 is 0 Å². The molecule has 4 rings (SSSR count). The van der Waals surface area contributed by atoms with Crippen LogP contribution in [0.1, 0.15) is 24.8 Å². The van der Waals surface area contributed by atoms with Crippen LogP contribution in [-0.4, -0.2) is 33.7 Å². The van der Waals surface area contributed by atoms with E-state index in [1.54, 1.807) is 6.20 Å². The Labute approximate surface area is 137 Å². The number of nitrogens with zero attached hydrogens (tertiary/aromatic N) is 4. The van der Waals surface area contributed by atoms with Gasteiger partial charge in [-0.25, -0.2) is 14.4 Å². The molecule has 0 unspecified atom stereocenters. The molecule has 2 fully saturated rings. The lowest BCUT2D eigenvalue weighted by Crippen LogP contribution is -2.29. The van der Waals surface area contributed by atoms with Crippen molar-refractivity contribution in [1.29, 1.82) is 0 Å². The fraction of sp³-hybridized carbons (Fsp3) is 0.533. The van der Waals surface area contributed by atoms with E-state index in [9.17, 15) is 4.39 Å². The summed E-state index contributed by atoms with van der Waals surface area (Å²) >= 11 is 12.2. The van der Waals surface area contributed by atoms with Crippen LogP contribution in [0.15, 0.2) is 6.20 Å². The number of fused-ring (bicyclic) bond motifs is 2. The summed E-state index contributed by atoms with van der Waals surface area (Å²) in [4.78, 5) is 14.9. The number of rotatable bonds is 1. The summed E-state index contributed by atoms with van der Waals surface area (Å²) in [6, 6.07) is -0.0901. The van der Waals surface area contributed by atoms with Crippen LogP contribution < -0.4 is 4.90 Å². The molecule has 3 atom stereocenters. The molecule has 0 N–H and O–H groups in total. The number of hydrogen-bond donors (Lipinski definition) is 0. The number of halogens is 3. The molecule has 116 valence electrons. The summed E-state index contributed by atoms with van der Waals surface area (Å²) in [5.74, 6) is 0.798. The van der Waals surface area contributed by atoms with Gasteiger partial charge in [0.2, 0.25) is 5.28 Å². The van der Waals surface area contributed by atoms with E-state index in [1.165, 1.54) is 0 Å². The minimum atomic E-state index is -0.773. The topological polar surface area (TPSA) is 41.9 Å². The zero-order valence-corrected chi connectivity index (χ0v) is 13.6. The number of pyridine rings is 1. The molecule has 0 aromatic carbocycles. The van der Waals surface area contributed by atoms with E-state index in [2.05, 4.69) is 15.0 Å². The third-order valence-electron chi connectivity index (χ3n) is 4.72. The largest absolute Gasteiger partial charge is 0.350 e. The minimum Gasteiger partial charge on any atom is -0.350 e. The highest BCUT2D eigenvalue weighted by Gasteiger charge is 2.55. The van der Waals surface area contributed by atoms with Crippen molar-refractivity contribution >= 4 is 39.9 Å². The number of aromatic nitrogens is 3. The molecule has 0 bridgehead atoms. The third-order valence-corrected chi connectivity index (χ3v) is 5.27. The molecule has 1 aliphatic carbocycles. The average Bonchev–Trinajstić information content (AvgIpc) is 3.18. The van der Waals surface area contributed by atoms with Gasteiger partial charge in [0.25, 0.3) is 0 Å². The average molecular weight is 341 g/mol. The summed E-state index contributed by atoms with van der Waals surface area (Å²) in [6.45, 7) is 2.64. The predicted molar refractivity (Wildman–Crippen MR) is 85.5 cm³/mol. The second-order valence-electron chi connectivity index (χ2n) is 6.04. The van der Waals surface area contributed by atoms with Crippen molar-refractivity contribution < 1.29 is 4.39 Å². The van der Waals surface area contributed by atoms with Gasteiger partial charge in [-0.3, -0.25) is 0 Å². The standard InChI is InChI=1S/C15H15Cl2FN4/c1-7-11-9(6-19-13(7)16)14(21-15(17)20-11)22-5-3-2-4-8-10(18)12(8)22/h6,8,10,12H,2-5H2,1H3/t8-,10-,12-/m0/s1. The first-order valence-corrected chi connectivity index (χ1v) is 8.22. The lowest BCUT2D eigenvalue weighted by molar-refractivity contribution is 0.420. The monoisotopic (exact) mass is 340 g/mol. The Morgan fingerprint density at radius 2 is 2.09 bits per heavy atom. The molecule has 0 amide bonds. The van der Waals surface area contributed by atoms with E-state index in [-0.39, 0.29) is 17.2 Å². The summed E-state index contributed by atoms with van der Waals surface area (Å²) in [5, 5.41) is 1.34. The van der Waals surface area contributed by atoms with Crippen molar-refractivity contribution in [2.24, 2.45) is 5.92 Å². The molecule has 1 saturated heterocycles. The maximum Gasteiger partial charge on any atom is 0.224 e. The molecule has 1 saturated carbocycles. The van der Waals surface area contributed by atoms with Gasteiger partial charge in [0.15, 0.2) is 0 Å². The molecule has 0 spiro atoms. The maximum absolute atomic E-state index is 14.1. The van der Waals surface area contributed by atoms with Gasteiger partial charge in [-0.1, -0.05) is 18.0 Å². The van der Waals surface area contributed by atoms with Crippen LogP contribution in [0.2, 0.25) is 10.4 Å². The van der Waals surface area contributed by atoms with Crippen LogP contribution in [-0.2, 0) is 0 Å². The van der Waals surface area contributed by atoms with Crippen LogP contribution in [0.4, 0.5) is 10.2 Å². The molecule has 3 heterocycles. The summed E-state index contributed by atoms with van der Waals surface area (Å²) in [7, 11) is 0. The zero-order chi connectivity index (χ0) is 15.4. The highest BCUT2D eigenvalue weighted by Crippen LogP contribution is 2.47. The number of anilines is 1. The van der Waals surface area contributed by atoms with E-state index in [4.69, 9.17) is 23.2 Å². The Balaban J connectivity index is 1.89. The number of alkyl halides is 1. The molecule has 22 heavy (non-hydrogen) atoms. The second kappa shape index (κ2) is 5.17. The van der Waals surface area contributed by atoms with Crippen LogP contribution in [0, 0.1) is 12.8 Å². The van der Waals surface area contributed by atoms with Crippen LogP contribution in [0.3, 0.4) is 0 Å². The summed E-state index contributed by atoms with van der Waals surface area (Å²) in [6.07, 6.45) is 3.92. The molecule has 2 aromatic heterocycles. The van der Waals surface area contributed by atoms with Crippen molar-refractivity contribution in [2.75, 3.05) is 11.4 Å². The third kappa shape index (κ3) is 2.14. The molecule has 2 aromatic rings. The normalized spacial score (nSPS) is 27.6. The Kier molecular flexibility index (Phi) is 3.38. The van der Waals surface area contributed by atoms with Crippen molar-refractivity contribution in [2.45, 2.75) is 38.4 Å². The Morgan fingerprint density at radius 1 is 1.27 bits per heavy atom. The van der Waals surface area contributed by atoms with Crippen molar-refractivity contribution in [3.8, 4) is 0 Å². The fourth-order valence-corrected chi connectivity index (χ4v) is 3.78. The van der Waals surface area contributed by atoms with Crippen LogP contribution in [0.5, 0.6) is 0 Å². The van der Waals surface area contributed by atoms with Gasteiger partial charge in [0, 0.05) is 24.2 Å². The van der Waals surface area contributed by atoms with Gasteiger partial charge in [-0.2, -0.15) is 4.98 Å². The van der Waals surface area contributed by atoms with E-state index in [1.807, 2.05) is 11.8 Å². The van der Waals surface area contributed by atoms with Crippen LogP contribution >= 0.6 is 23.2 Å². The molecule has 4 nitrogen and oxygen atoms in total. The number of aryl methyl sites for hydroxylation is 1. The Hall–Kier alpha value is -1.20. The van der Waals surface area contributed by atoms with Crippen molar-refractivity contribution in [3.05, 3.63) is 22.2 Å². The quantitative estimate of drug-likeness (QED) is 0.581. The molecular weight excluding hydrogens is 326 g/mol. The van der Waals surface area contributed by atoms with Gasteiger partial charge >= 0.3 is 0 Å². The lowest BCUT2D eigenvalue weighted by atomic mass is 10.2. The smallest absolute Gasteiger partial charge is 0.224 e. The predicted octanol–water partition coefficient (Wildman–Crippen LogP) is 3.97.